The fourth-order valence-corrected chi connectivity index (χ4v) is 4.12. The van der Waals surface area contributed by atoms with Gasteiger partial charge in [-0.15, -0.1) is 0 Å². The van der Waals surface area contributed by atoms with Crippen LogP contribution in [0.15, 0.2) is 90.2 Å². The third kappa shape index (κ3) is 3.61. The Hall–Kier alpha value is -3.70. The monoisotopic (exact) mass is 437 g/mol. The Morgan fingerprint density at radius 2 is 1.88 bits per heavy atom. The molecular weight excluding hydrogens is 418 g/mol. The van der Waals surface area contributed by atoms with E-state index in [0.717, 1.165) is 57.7 Å². The quantitative estimate of drug-likeness (QED) is 0.351. The second-order valence-electron chi connectivity index (χ2n) is 8.00. The maximum Gasteiger partial charge on any atom is 0.0900 e. The van der Waals surface area contributed by atoms with Crippen LogP contribution in [0.2, 0.25) is 5.02 Å². The molecule has 5 nitrogen and oxygen atoms in total. The second kappa shape index (κ2) is 7.77. The summed E-state index contributed by atoms with van der Waals surface area (Å²) in [6, 6.07) is 24.6. The van der Waals surface area contributed by atoms with Gasteiger partial charge in [0.15, 0.2) is 0 Å². The molecule has 0 bridgehead atoms. The molecule has 1 N–H and O–H groups in total. The molecule has 156 valence electrons. The average molecular weight is 438 g/mol. The maximum absolute atomic E-state index is 6.36. The van der Waals surface area contributed by atoms with Crippen molar-refractivity contribution in [3.8, 4) is 17.1 Å². The Labute approximate surface area is 190 Å². The summed E-state index contributed by atoms with van der Waals surface area (Å²) < 4.78 is 2.21. The molecule has 6 rings (SSSR count). The highest BCUT2D eigenvalue weighted by Crippen LogP contribution is 2.31. The van der Waals surface area contributed by atoms with E-state index in [1.165, 1.54) is 0 Å². The van der Waals surface area contributed by atoms with E-state index in [1.54, 1.807) is 6.20 Å². The number of benzene rings is 3. The van der Waals surface area contributed by atoms with Crippen molar-refractivity contribution in [3.05, 3.63) is 95.6 Å². The predicted molar refractivity (Wildman–Crippen MR) is 129 cm³/mol. The lowest BCUT2D eigenvalue weighted by Gasteiger charge is -2.20. The molecule has 2 aromatic carbocycles. The van der Waals surface area contributed by atoms with E-state index in [9.17, 15) is 0 Å². The van der Waals surface area contributed by atoms with Crippen molar-refractivity contribution in [2.45, 2.75) is 18.9 Å². The number of fused-ring (bicyclic) bond motifs is 2. The summed E-state index contributed by atoms with van der Waals surface area (Å²) in [7, 11) is 0. The Bertz CT molecular complexity index is 1470. The highest BCUT2D eigenvalue weighted by atomic mass is 35.5. The molecule has 1 fully saturated rings. The first-order chi connectivity index (χ1) is 15.7. The number of aromatic nitrogens is 3. The van der Waals surface area contributed by atoms with E-state index in [4.69, 9.17) is 21.6 Å². The van der Waals surface area contributed by atoms with Gasteiger partial charge in [-0.3, -0.25) is 9.98 Å². The number of hydrogen-bond donors (Lipinski definition) is 1. The van der Waals surface area contributed by atoms with Gasteiger partial charge >= 0.3 is 0 Å². The van der Waals surface area contributed by atoms with E-state index in [-0.39, 0.29) is 0 Å². The van der Waals surface area contributed by atoms with Crippen LogP contribution in [0.5, 0.6) is 0 Å². The second-order valence-corrected chi connectivity index (χ2v) is 8.44. The molecule has 3 aromatic rings. The van der Waals surface area contributed by atoms with E-state index >= 15 is 0 Å². The molecule has 0 saturated heterocycles. The first kappa shape index (κ1) is 19.0. The molecule has 0 spiro atoms. The molecule has 0 unspecified atom stereocenters. The van der Waals surface area contributed by atoms with Crippen LogP contribution in [0.1, 0.15) is 12.8 Å². The molecule has 32 heavy (non-hydrogen) atoms. The van der Waals surface area contributed by atoms with Crippen LogP contribution in [0, 0.1) is 0 Å². The van der Waals surface area contributed by atoms with Gasteiger partial charge in [0.05, 0.1) is 51.4 Å². The maximum atomic E-state index is 6.36. The molecule has 1 aliphatic heterocycles. The highest BCUT2D eigenvalue weighted by molar-refractivity contribution is 6.30. The van der Waals surface area contributed by atoms with Crippen LogP contribution in [0.4, 0.5) is 11.4 Å². The van der Waals surface area contributed by atoms with Gasteiger partial charge in [-0.25, -0.2) is 4.98 Å². The van der Waals surface area contributed by atoms with E-state index < -0.39 is 0 Å². The number of para-hydroxylation sites is 2. The van der Waals surface area contributed by atoms with E-state index in [0.29, 0.717) is 11.1 Å². The third-order valence-electron chi connectivity index (χ3n) is 5.57. The molecule has 0 radical (unpaired) electrons. The molecule has 6 heteroatoms. The minimum atomic E-state index is 0.384. The summed E-state index contributed by atoms with van der Waals surface area (Å²) >= 11 is 6.36. The van der Waals surface area contributed by atoms with Crippen LogP contribution in [-0.2, 0) is 0 Å². The van der Waals surface area contributed by atoms with Crippen LogP contribution in [-0.4, -0.2) is 20.6 Å². The first-order valence-corrected chi connectivity index (χ1v) is 11.0. The molecule has 3 aliphatic rings. The van der Waals surface area contributed by atoms with Gasteiger partial charge in [-0.05, 0) is 67.4 Å². The Morgan fingerprint density at radius 1 is 0.969 bits per heavy atom. The van der Waals surface area contributed by atoms with Crippen molar-refractivity contribution in [3.63, 3.8) is 0 Å². The van der Waals surface area contributed by atoms with Gasteiger partial charge in [0.1, 0.15) is 0 Å². The van der Waals surface area contributed by atoms with Gasteiger partial charge in [0.2, 0.25) is 0 Å². The van der Waals surface area contributed by atoms with Crippen molar-refractivity contribution < 1.29 is 0 Å². The van der Waals surface area contributed by atoms with Crippen LogP contribution in [0.25, 0.3) is 28.1 Å². The molecule has 0 amide bonds. The summed E-state index contributed by atoms with van der Waals surface area (Å²) in [5.41, 5.74) is 6.64. The van der Waals surface area contributed by atoms with Gasteiger partial charge in [-0.2, -0.15) is 0 Å². The minimum absolute atomic E-state index is 0.384. The Balaban J connectivity index is 1.66. The standard InChI is InChI=1S/C26H20ClN5/c27-17-5-3-7-20(13-17)32-25-9-2-1-8-21(25)31-24-14-22(30-19-6-4-12-28-16-19)23(15-26(24)32)29-18-10-11-18/h1-9,12-16,18,30H,10-11H2. The first-order valence-electron chi connectivity index (χ1n) is 10.7. The number of halogens is 1. The summed E-state index contributed by atoms with van der Waals surface area (Å²) in [5, 5.41) is 5.11. The van der Waals surface area contributed by atoms with Crippen LogP contribution < -0.4 is 10.7 Å². The summed E-state index contributed by atoms with van der Waals surface area (Å²) in [6.45, 7) is 0. The molecule has 1 saturated carbocycles. The van der Waals surface area contributed by atoms with E-state index in [1.807, 2.05) is 54.7 Å². The van der Waals surface area contributed by atoms with Crippen LogP contribution >= 0.6 is 11.6 Å². The minimum Gasteiger partial charge on any atom is -0.352 e. The number of anilines is 2. The molecular formula is C26H20ClN5. The average Bonchev–Trinajstić information content (AvgIpc) is 3.63. The number of nitrogens with one attached hydrogen (secondary N) is 1. The Morgan fingerprint density at radius 3 is 2.69 bits per heavy atom. The number of hydrogen-bond acceptors (Lipinski definition) is 4. The van der Waals surface area contributed by atoms with Crippen molar-refractivity contribution in [1.29, 1.82) is 0 Å². The molecule has 1 aromatic heterocycles. The SMILES string of the molecule is Clc1cccc(-n2c3cc(=NC4CC4)c(Nc4cccnc4)cc-3nc3ccccc32)c1. The van der Waals surface area contributed by atoms with Crippen LogP contribution in [0.3, 0.4) is 0 Å². The fourth-order valence-electron chi connectivity index (χ4n) is 3.93. The van der Waals surface area contributed by atoms with Gasteiger partial charge in [0, 0.05) is 16.9 Å². The van der Waals surface area contributed by atoms with Gasteiger partial charge in [0.25, 0.3) is 0 Å². The fraction of sp³-hybridized carbons (Fsp3) is 0.115. The summed E-state index contributed by atoms with van der Waals surface area (Å²) in [6.07, 6.45) is 5.84. The van der Waals surface area contributed by atoms with Gasteiger partial charge in [-0.1, -0.05) is 29.8 Å². The largest absolute Gasteiger partial charge is 0.352 e. The lowest BCUT2D eigenvalue weighted by molar-refractivity contribution is 0.997. The zero-order valence-corrected chi connectivity index (χ0v) is 18.0. The molecule has 0 atom stereocenters. The lowest BCUT2D eigenvalue weighted by atomic mass is 10.1. The zero-order valence-electron chi connectivity index (χ0n) is 17.2. The van der Waals surface area contributed by atoms with Crippen molar-refractivity contribution in [2.24, 2.45) is 4.99 Å². The normalized spacial score (nSPS) is 14.2. The number of nitrogens with zero attached hydrogens (tertiary/aromatic N) is 4. The number of pyridine rings is 1. The van der Waals surface area contributed by atoms with E-state index in [2.05, 4.69) is 39.1 Å². The zero-order chi connectivity index (χ0) is 21.5. The number of rotatable bonds is 4. The lowest BCUT2D eigenvalue weighted by Crippen LogP contribution is -2.15. The summed E-state index contributed by atoms with van der Waals surface area (Å²) in [5.74, 6) is 0. The summed E-state index contributed by atoms with van der Waals surface area (Å²) in [4.78, 5) is 14.2. The van der Waals surface area contributed by atoms with Gasteiger partial charge < -0.3 is 9.88 Å². The predicted octanol–water partition coefficient (Wildman–Crippen LogP) is 5.99. The van der Waals surface area contributed by atoms with Crippen molar-refractivity contribution in [1.82, 2.24) is 14.5 Å². The van der Waals surface area contributed by atoms with Crippen molar-refractivity contribution >= 4 is 34.0 Å². The van der Waals surface area contributed by atoms with Crippen molar-refractivity contribution in [2.75, 3.05) is 5.32 Å². The highest BCUT2D eigenvalue weighted by Gasteiger charge is 2.21. The molecule has 2 aliphatic carbocycles. The smallest absolute Gasteiger partial charge is 0.0900 e. The topological polar surface area (TPSA) is 55.1 Å². The third-order valence-corrected chi connectivity index (χ3v) is 5.81. The molecule has 2 heterocycles. The Kier molecular flexibility index (Phi) is 4.62.